The third kappa shape index (κ3) is 5.69. The Bertz CT molecular complexity index is 698. The van der Waals surface area contributed by atoms with Gasteiger partial charge >= 0.3 is 0 Å². The number of rotatable bonds is 5. The van der Waals surface area contributed by atoms with E-state index in [4.69, 9.17) is 16.9 Å². The van der Waals surface area contributed by atoms with E-state index >= 15 is 0 Å². The van der Waals surface area contributed by atoms with Crippen molar-refractivity contribution in [2.45, 2.75) is 26.7 Å². The lowest BCUT2D eigenvalue weighted by molar-refractivity contribution is 0.0917. The van der Waals surface area contributed by atoms with Gasteiger partial charge < -0.3 is 0 Å². The second-order valence-electron chi connectivity index (χ2n) is 4.54. The zero-order valence-corrected chi connectivity index (χ0v) is 13.9. The quantitative estimate of drug-likeness (QED) is 0.719. The molecule has 118 valence electrons. The van der Waals surface area contributed by atoms with Crippen molar-refractivity contribution < 1.29 is 9.59 Å². The molecule has 0 heterocycles. The Morgan fingerprint density at radius 3 is 1.65 bits per heavy atom. The number of hydrogen-bond acceptors (Lipinski definition) is 3. The number of nitrogens with zero attached hydrogens (tertiary/aromatic N) is 1. The van der Waals surface area contributed by atoms with Crippen LogP contribution in [0.15, 0.2) is 48.5 Å². The van der Waals surface area contributed by atoms with Gasteiger partial charge in [0.2, 0.25) is 0 Å². The third-order valence-electron chi connectivity index (χ3n) is 3.08. The van der Waals surface area contributed by atoms with Gasteiger partial charge in [-0.2, -0.15) is 5.26 Å². The first-order chi connectivity index (χ1) is 11.1. The summed E-state index contributed by atoms with van der Waals surface area (Å²) in [4.78, 5) is 23.9. The van der Waals surface area contributed by atoms with E-state index < -0.39 is 0 Å². The normalized spacial score (nSPS) is 9.30. The van der Waals surface area contributed by atoms with Gasteiger partial charge in [-0.25, -0.2) is 0 Å². The van der Waals surface area contributed by atoms with E-state index in [-0.39, 0.29) is 24.4 Å². The fourth-order valence-electron chi connectivity index (χ4n) is 1.88. The van der Waals surface area contributed by atoms with Crippen LogP contribution in [0.2, 0.25) is 5.02 Å². The van der Waals surface area contributed by atoms with Gasteiger partial charge in [0.15, 0.2) is 11.6 Å². The number of ketones is 2. The van der Waals surface area contributed by atoms with Gasteiger partial charge in [-0.05, 0) is 36.4 Å². The summed E-state index contributed by atoms with van der Waals surface area (Å²) in [6.45, 7) is 4.00. The molecule has 0 aliphatic rings. The average molecular weight is 328 g/mol. The summed E-state index contributed by atoms with van der Waals surface area (Å²) >= 11 is 5.76. The molecule has 0 atom stereocenters. The predicted molar refractivity (Wildman–Crippen MR) is 91.9 cm³/mol. The molecule has 0 amide bonds. The molecule has 0 bridgehead atoms. The van der Waals surface area contributed by atoms with Crippen LogP contribution in [0, 0.1) is 11.3 Å². The molecule has 2 aromatic carbocycles. The summed E-state index contributed by atoms with van der Waals surface area (Å²) in [7, 11) is 0. The number of nitriles is 1. The first-order valence-corrected chi connectivity index (χ1v) is 7.80. The molecule has 2 aromatic rings. The minimum absolute atomic E-state index is 0.0892. The van der Waals surface area contributed by atoms with E-state index in [2.05, 4.69) is 0 Å². The van der Waals surface area contributed by atoms with Gasteiger partial charge in [-0.15, -0.1) is 0 Å². The Labute approximate surface area is 141 Å². The molecule has 0 fully saturated rings. The first-order valence-electron chi connectivity index (χ1n) is 7.42. The highest BCUT2D eigenvalue weighted by molar-refractivity contribution is 6.30. The van der Waals surface area contributed by atoms with E-state index in [1.54, 1.807) is 48.5 Å². The Balaban J connectivity index is 0.00000127. The van der Waals surface area contributed by atoms with Crippen LogP contribution in [0.3, 0.4) is 0 Å². The molecule has 0 radical (unpaired) electrons. The second-order valence-corrected chi connectivity index (χ2v) is 4.98. The van der Waals surface area contributed by atoms with Gasteiger partial charge in [0.25, 0.3) is 0 Å². The smallest absolute Gasteiger partial charge is 0.163 e. The molecule has 3 nitrogen and oxygen atoms in total. The summed E-state index contributed by atoms with van der Waals surface area (Å²) in [5.41, 5.74) is 1.56. The highest BCUT2D eigenvalue weighted by Gasteiger charge is 2.11. The third-order valence-corrected chi connectivity index (χ3v) is 3.33. The lowest BCUT2D eigenvalue weighted by Gasteiger charge is -2.02. The predicted octanol–water partition coefficient (Wildman–Crippen LogP) is 5.08. The van der Waals surface area contributed by atoms with Gasteiger partial charge in [-0.3, -0.25) is 9.59 Å². The summed E-state index contributed by atoms with van der Waals surface area (Å²) in [6, 6.07) is 15.0. The number of Topliss-reactive ketones (excluding diaryl/α,β-unsaturated/α-hetero) is 2. The lowest BCUT2D eigenvalue weighted by Crippen LogP contribution is -2.05. The fraction of sp³-hybridized carbons (Fsp3) is 0.211. The van der Waals surface area contributed by atoms with E-state index in [9.17, 15) is 9.59 Å². The molecular weight excluding hydrogens is 310 g/mol. The first kappa shape index (κ1) is 18.6. The standard InChI is InChI=1S/C17H12ClNO2.C2H6/c18-15-7-5-14(6-8-15)17(21)10-9-16(20)13-3-1-12(11-19)2-4-13;1-2/h1-8H,9-10H2;1-2H3. The maximum absolute atomic E-state index is 12.0. The summed E-state index contributed by atoms with van der Waals surface area (Å²) in [6.07, 6.45) is 0.299. The van der Waals surface area contributed by atoms with Crippen molar-refractivity contribution in [3.8, 4) is 6.07 Å². The number of benzene rings is 2. The monoisotopic (exact) mass is 327 g/mol. The topological polar surface area (TPSA) is 57.9 Å². The van der Waals surface area contributed by atoms with Crippen LogP contribution >= 0.6 is 11.6 Å². The zero-order valence-electron chi connectivity index (χ0n) is 13.2. The molecule has 0 saturated heterocycles. The number of halogens is 1. The van der Waals surface area contributed by atoms with Crippen molar-refractivity contribution in [1.29, 1.82) is 5.26 Å². The molecule has 4 heteroatoms. The van der Waals surface area contributed by atoms with Gasteiger partial charge in [0, 0.05) is 29.0 Å². The van der Waals surface area contributed by atoms with Crippen molar-refractivity contribution in [2.75, 3.05) is 0 Å². The molecule has 0 saturated carbocycles. The Morgan fingerprint density at radius 1 is 0.870 bits per heavy atom. The van der Waals surface area contributed by atoms with Gasteiger partial charge in [0.1, 0.15) is 0 Å². The van der Waals surface area contributed by atoms with Crippen molar-refractivity contribution in [1.82, 2.24) is 0 Å². The van der Waals surface area contributed by atoms with E-state index in [1.165, 1.54) is 0 Å². The highest BCUT2D eigenvalue weighted by atomic mass is 35.5. The average Bonchev–Trinajstić information content (AvgIpc) is 2.61. The summed E-state index contributed by atoms with van der Waals surface area (Å²) in [5, 5.41) is 9.27. The van der Waals surface area contributed by atoms with Crippen LogP contribution in [-0.2, 0) is 0 Å². The molecule has 0 aromatic heterocycles. The van der Waals surface area contributed by atoms with Crippen molar-refractivity contribution >= 4 is 23.2 Å². The van der Waals surface area contributed by atoms with Crippen LogP contribution in [0.1, 0.15) is 53.0 Å². The number of hydrogen-bond donors (Lipinski definition) is 0. The molecule has 0 unspecified atom stereocenters. The number of carbonyl (C=O) groups is 2. The maximum Gasteiger partial charge on any atom is 0.163 e. The largest absolute Gasteiger partial charge is 0.294 e. The molecular formula is C19H18ClNO2. The molecule has 23 heavy (non-hydrogen) atoms. The maximum atomic E-state index is 12.0. The molecule has 0 N–H and O–H groups in total. The van der Waals surface area contributed by atoms with Crippen LogP contribution < -0.4 is 0 Å². The molecule has 0 aliphatic heterocycles. The number of carbonyl (C=O) groups excluding carboxylic acids is 2. The van der Waals surface area contributed by atoms with E-state index in [0.717, 1.165) is 0 Å². The Hall–Kier alpha value is -2.44. The van der Waals surface area contributed by atoms with Gasteiger partial charge in [0.05, 0.1) is 11.6 Å². The summed E-state index contributed by atoms with van der Waals surface area (Å²) < 4.78 is 0. The minimum Gasteiger partial charge on any atom is -0.294 e. The highest BCUT2D eigenvalue weighted by Crippen LogP contribution is 2.13. The van der Waals surface area contributed by atoms with Crippen molar-refractivity contribution in [3.63, 3.8) is 0 Å². The zero-order chi connectivity index (χ0) is 17.2. The van der Waals surface area contributed by atoms with Gasteiger partial charge in [-0.1, -0.05) is 37.6 Å². The van der Waals surface area contributed by atoms with Crippen molar-refractivity contribution in [3.05, 3.63) is 70.2 Å². The van der Waals surface area contributed by atoms with E-state index in [0.29, 0.717) is 21.7 Å². The Morgan fingerprint density at radius 2 is 1.26 bits per heavy atom. The summed E-state index contributed by atoms with van der Waals surface area (Å²) in [5.74, 6) is -0.199. The molecule has 0 spiro atoms. The van der Waals surface area contributed by atoms with Crippen LogP contribution in [0.25, 0.3) is 0 Å². The van der Waals surface area contributed by atoms with Crippen LogP contribution in [-0.4, -0.2) is 11.6 Å². The lowest BCUT2D eigenvalue weighted by atomic mass is 10.0. The van der Waals surface area contributed by atoms with Crippen LogP contribution in [0.4, 0.5) is 0 Å². The second kappa shape index (κ2) is 9.55. The van der Waals surface area contributed by atoms with E-state index in [1.807, 2.05) is 19.9 Å². The Kier molecular flexibility index (Phi) is 7.73. The SMILES string of the molecule is CC.N#Cc1ccc(C(=O)CCC(=O)c2ccc(Cl)cc2)cc1. The molecule has 2 rings (SSSR count). The van der Waals surface area contributed by atoms with Crippen LogP contribution in [0.5, 0.6) is 0 Å². The minimum atomic E-state index is -0.109. The van der Waals surface area contributed by atoms with Crippen molar-refractivity contribution in [2.24, 2.45) is 0 Å². The molecule has 0 aliphatic carbocycles. The fourth-order valence-corrected chi connectivity index (χ4v) is 2.01.